The van der Waals surface area contributed by atoms with Crippen LogP contribution in [0.15, 0.2) is 18.2 Å². The van der Waals surface area contributed by atoms with Crippen molar-refractivity contribution in [2.24, 2.45) is 0 Å². The van der Waals surface area contributed by atoms with Gasteiger partial charge in [-0.2, -0.15) is 0 Å². The van der Waals surface area contributed by atoms with Crippen LogP contribution in [0.2, 0.25) is 5.02 Å². The van der Waals surface area contributed by atoms with Gasteiger partial charge in [0, 0.05) is 33.9 Å². The molecular formula is C12H17ClFNOS. The molecule has 1 rings (SSSR count). The molecule has 17 heavy (non-hydrogen) atoms. The van der Waals surface area contributed by atoms with Crippen molar-refractivity contribution in [2.45, 2.75) is 25.1 Å². The minimum Gasteiger partial charge on any atom is -0.313 e. The van der Waals surface area contributed by atoms with Crippen LogP contribution in [0.4, 0.5) is 4.39 Å². The minimum absolute atomic E-state index is 0.186. The lowest BCUT2D eigenvalue weighted by Crippen LogP contribution is -2.21. The predicted octanol–water partition coefficient (Wildman–Crippen LogP) is 2.73. The molecule has 2 atom stereocenters. The van der Waals surface area contributed by atoms with Gasteiger partial charge < -0.3 is 5.32 Å². The lowest BCUT2D eigenvalue weighted by Gasteiger charge is -2.10. The third-order valence-corrected chi connectivity index (χ3v) is 4.35. The van der Waals surface area contributed by atoms with E-state index < -0.39 is 10.8 Å². The summed E-state index contributed by atoms with van der Waals surface area (Å²) >= 11 is 5.89. The second-order valence-electron chi connectivity index (χ2n) is 4.01. The Kier molecular flexibility index (Phi) is 6.09. The Morgan fingerprint density at radius 2 is 2.24 bits per heavy atom. The van der Waals surface area contributed by atoms with Gasteiger partial charge in [-0.15, -0.1) is 0 Å². The van der Waals surface area contributed by atoms with Crippen molar-refractivity contribution in [1.29, 1.82) is 0 Å². The van der Waals surface area contributed by atoms with E-state index in [1.807, 2.05) is 6.92 Å². The molecule has 1 aromatic carbocycles. The molecule has 0 saturated heterocycles. The lowest BCUT2D eigenvalue weighted by molar-refractivity contribution is 0.618. The first kappa shape index (κ1) is 14.6. The molecule has 5 heteroatoms. The summed E-state index contributed by atoms with van der Waals surface area (Å²) in [6.07, 6.45) is 2.56. The summed E-state index contributed by atoms with van der Waals surface area (Å²) in [5, 5.41) is 3.83. The summed E-state index contributed by atoms with van der Waals surface area (Å²) in [4.78, 5) is 0. The Labute approximate surface area is 109 Å². The lowest BCUT2D eigenvalue weighted by atomic mass is 10.2. The topological polar surface area (TPSA) is 29.1 Å². The van der Waals surface area contributed by atoms with Gasteiger partial charge in [0.05, 0.1) is 0 Å². The van der Waals surface area contributed by atoms with Crippen molar-refractivity contribution >= 4 is 22.4 Å². The van der Waals surface area contributed by atoms with Gasteiger partial charge in [0.1, 0.15) is 5.82 Å². The third kappa shape index (κ3) is 5.15. The SMILES string of the molecule is CC(CCNCc1ccc(F)cc1Cl)S(C)=O. The monoisotopic (exact) mass is 277 g/mol. The number of hydrogen-bond acceptors (Lipinski definition) is 2. The van der Waals surface area contributed by atoms with Crippen molar-refractivity contribution in [2.75, 3.05) is 12.8 Å². The zero-order chi connectivity index (χ0) is 12.8. The van der Waals surface area contributed by atoms with E-state index in [0.717, 1.165) is 18.5 Å². The van der Waals surface area contributed by atoms with Gasteiger partial charge >= 0.3 is 0 Å². The maximum Gasteiger partial charge on any atom is 0.124 e. The van der Waals surface area contributed by atoms with Gasteiger partial charge in [0.25, 0.3) is 0 Å². The summed E-state index contributed by atoms with van der Waals surface area (Å²) < 4.78 is 23.9. The third-order valence-electron chi connectivity index (χ3n) is 2.62. The fraction of sp³-hybridized carbons (Fsp3) is 0.500. The van der Waals surface area contributed by atoms with Gasteiger partial charge in [-0.1, -0.05) is 24.6 Å². The first-order valence-electron chi connectivity index (χ1n) is 5.47. The van der Waals surface area contributed by atoms with E-state index in [-0.39, 0.29) is 11.1 Å². The van der Waals surface area contributed by atoms with Crippen LogP contribution in [0.5, 0.6) is 0 Å². The van der Waals surface area contributed by atoms with Crippen LogP contribution in [0.3, 0.4) is 0 Å². The zero-order valence-corrected chi connectivity index (χ0v) is 11.6. The van der Waals surface area contributed by atoms with Crippen LogP contribution >= 0.6 is 11.6 Å². The Hall–Kier alpha value is -0.450. The molecule has 0 fully saturated rings. The van der Waals surface area contributed by atoms with Crippen LogP contribution in [-0.2, 0) is 17.3 Å². The molecule has 1 aromatic rings. The molecule has 0 saturated carbocycles. The van der Waals surface area contributed by atoms with E-state index in [2.05, 4.69) is 5.32 Å². The fourth-order valence-electron chi connectivity index (χ4n) is 1.36. The van der Waals surface area contributed by atoms with Crippen molar-refractivity contribution < 1.29 is 8.60 Å². The number of hydrogen-bond donors (Lipinski definition) is 1. The van der Waals surface area contributed by atoms with Crippen LogP contribution in [0, 0.1) is 5.82 Å². The smallest absolute Gasteiger partial charge is 0.124 e. The second-order valence-corrected chi connectivity index (χ2v) is 6.22. The van der Waals surface area contributed by atoms with Crippen LogP contribution in [0.1, 0.15) is 18.9 Å². The Balaban J connectivity index is 2.34. The van der Waals surface area contributed by atoms with E-state index in [0.29, 0.717) is 11.6 Å². The van der Waals surface area contributed by atoms with Gasteiger partial charge in [0.2, 0.25) is 0 Å². The summed E-state index contributed by atoms with van der Waals surface area (Å²) in [6.45, 7) is 3.33. The molecule has 2 unspecified atom stereocenters. The van der Waals surface area contributed by atoms with E-state index >= 15 is 0 Å². The van der Waals surface area contributed by atoms with Crippen molar-refractivity contribution in [3.8, 4) is 0 Å². The highest BCUT2D eigenvalue weighted by Gasteiger charge is 2.06. The van der Waals surface area contributed by atoms with Crippen molar-refractivity contribution in [1.82, 2.24) is 5.32 Å². The average molecular weight is 278 g/mol. The normalized spacial score (nSPS) is 14.6. The number of rotatable bonds is 6. The number of nitrogens with one attached hydrogen (secondary N) is 1. The maximum atomic E-state index is 12.8. The Bertz CT molecular complexity index is 400. The highest BCUT2D eigenvalue weighted by molar-refractivity contribution is 7.84. The van der Waals surface area contributed by atoms with Gasteiger partial charge in [0.15, 0.2) is 0 Å². The molecule has 0 heterocycles. The van der Waals surface area contributed by atoms with E-state index in [4.69, 9.17) is 11.6 Å². The molecule has 0 aromatic heterocycles. The van der Waals surface area contributed by atoms with Crippen molar-refractivity contribution in [3.63, 3.8) is 0 Å². The molecule has 96 valence electrons. The molecule has 0 aliphatic carbocycles. The van der Waals surface area contributed by atoms with Gasteiger partial charge in [-0.05, 0) is 30.7 Å². The first-order valence-corrected chi connectivity index (χ1v) is 7.47. The zero-order valence-electron chi connectivity index (χ0n) is 10.0. The molecule has 2 nitrogen and oxygen atoms in total. The van der Waals surface area contributed by atoms with E-state index in [1.165, 1.54) is 12.1 Å². The number of benzene rings is 1. The molecular weight excluding hydrogens is 261 g/mol. The Morgan fingerprint density at radius 3 is 2.82 bits per heavy atom. The first-order chi connectivity index (χ1) is 8.00. The molecule has 0 amide bonds. The molecule has 1 N–H and O–H groups in total. The summed E-state index contributed by atoms with van der Waals surface area (Å²) in [5.74, 6) is -0.325. The summed E-state index contributed by atoms with van der Waals surface area (Å²) in [5.41, 5.74) is 0.873. The molecule has 0 spiro atoms. The minimum atomic E-state index is -0.781. The average Bonchev–Trinajstić information content (AvgIpc) is 2.26. The second kappa shape index (κ2) is 7.09. The van der Waals surface area contributed by atoms with E-state index in [9.17, 15) is 8.60 Å². The largest absolute Gasteiger partial charge is 0.313 e. The standard InChI is InChI=1S/C12H17ClFNOS/c1-9(17(2)16)5-6-15-8-10-3-4-11(14)7-12(10)13/h3-4,7,9,15H,5-6,8H2,1-2H3. The highest BCUT2D eigenvalue weighted by Crippen LogP contribution is 2.16. The van der Waals surface area contributed by atoms with Gasteiger partial charge in [-0.3, -0.25) is 4.21 Å². The molecule has 0 aliphatic heterocycles. The Morgan fingerprint density at radius 1 is 1.53 bits per heavy atom. The molecule has 0 aliphatic rings. The van der Waals surface area contributed by atoms with Gasteiger partial charge in [-0.25, -0.2) is 4.39 Å². The maximum absolute atomic E-state index is 12.8. The predicted molar refractivity (Wildman–Crippen MR) is 71.3 cm³/mol. The van der Waals surface area contributed by atoms with Crippen LogP contribution in [-0.4, -0.2) is 22.3 Å². The highest BCUT2D eigenvalue weighted by atomic mass is 35.5. The molecule has 0 radical (unpaired) electrons. The fourth-order valence-corrected chi connectivity index (χ4v) is 2.04. The summed E-state index contributed by atoms with van der Waals surface area (Å²) in [6, 6.07) is 4.38. The molecule has 0 bridgehead atoms. The van der Waals surface area contributed by atoms with Crippen LogP contribution in [0.25, 0.3) is 0 Å². The van der Waals surface area contributed by atoms with Crippen molar-refractivity contribution in [3.05, 3.63) is 34.6 Å². The quantitative estimate of drug-likeness (QED) is 0.810. The number of halogens is 2. The van der Waals surface area contributed by atoms with Crippen LogP contribution < -0.4 is 5.32 Å². The van der Waals surface area contributed by atoms with E-state index in [1.54, 1.807) is 12.3 Å². The summed E-state index contributed by atoms with van der Waals surface area (Å²) in [7, 11) is -0.781.